The van der Waals surface area contributed by atoms with Crippen LogP contribution in [0.1, 0.15) is 16.7 Å². The minimum atomic E-state index is -4.22. The summed E-state index contributed by atoms with van der Waals surface area (Å²) >= 11 is 5.94. The summed E-state index contributed by atoms with van der Waals surface area (Å²) in [5.74, 6) is 0.0382. The molecule has 0 saturated heterocycles. The summed E-state index contributed by atoms with van der Waals surface area (Å²) in [6.45, 7) is 2.93. The Bertz CT molecular complexity index is 1830. The SMILES string of the molecule is COc1ccc(S(=O)(=O)N(CC(=O)N/N=C\c2ccc(OCC(=O)Nc3cccc(Cl)c3)cc2)c2cc(C)cc(C)c2)cc1OC. The van der Waals surface area contributed by atoms with Crippen molar-refractivity contribution in [1.29, 1.82) is 0 Å². The second kappa shape index (κ2) is 15.3. The van der Waals surface area contributed by atoms with E-state index in [9.17, 15) is 18.0 Å². The standard InChI is InChI=1S/C33H33ClN4O7S/c1-22-14-23(2)16-27(15-22)38(46(41,42)29-12-13-30(43-3)31(18-29)44-4)20-32(39)37-35-19-24-8-10-28(11-9-24)45-21-33(40)36-26-7-5-6-25(34)17-26/h5-19H,20-21H2,1-4H3,(H,36,40)(H,37,39)/b35-19-. The van der Waals surface area contributed by atoms with Crippen LogP contribution in [0.3, 0.4) is 0 Å². The molecule has 4 rings (SSSR count). The van der Waals surface area contributed by atoms with E-state index in [2.05, 4.69) is 15.8 Å². The Kier molecular flexibility index (Phi) is 11.2. The average Bonchev–Trinajstić information content (AvgIpc) is 3.02. The smallest absolute Gasteiger partial charge is 0.264 e. The first-order valence-electron chi connectivity index (χ1n) is 13.9. The van der Waals surface area contributed by atoms with Crippen molar-refractivity contribution < 1.29 is 32.2 Å². The van der Waals surface area contributed by atoms with Crippen LogP contribution in [-0.2, 0) is 19.6 Å². The van der Waals surface area contributed by atoms with E-state index < -0.39 is 22.5 Å². The van der Waals surface area contributed by atoms with Crippen molar-refractivity contribution in [1.82, 2.24) is 5.43 Å². The zero-order valence-corrected chi connectivity index (χ0v) is 27.2. The molecule has 2 amide bonds. The molecule has 0 unspecified atom stereocenters. The number of amides is 2. The van der Waals surface area contributed by atoms with Gasteiger partial charge in [-0.3, -0.25) is 13.9 Å². The third-order valence-electron chi connectivity index (χ3n) is 6.49. The highest BCUT2D eigenvalue weighted by molar-refractivity contribution is 7.92. The lowest BCUT2D eigenvalue weighted by Gasteiger charge is -2.25. The molecule has 46 heavy (non-hydrogen) atoms. The third-order valence-corrected chi connectivity index (χ3v) is 8.49. The van der Waals surface area contributed by atoms with E-state index in [4.69, 9.17) is 25.8 Å². The van der Waals surface area contributed by atoms with Gasteiger partial charge >= 0.3 is 0 Å². The third kappa shape index (κ3) is 8.99. The maximum Gasteiger partial charge on any atom is 0.264 e. The second-order valence-electron chi connectivity index (χ2n) is 10.1. The van der Waals surface area contributed by atoms with Gasteiger partial charge < -0.3 is 19.5 Å². The summed E-state index contributed by atoms with van der Waals surface area (Å²) in [5, 5.41) is 7.19. The Labute approximate surface area is 272 Å². The molecule has 0 spiro atoms. The number of sulfonamides is 1. The van der Waals surface area contributed by atoms with Crippen LogP contribution in [0.2, 0.25) is 5.02 Å². The molecule has 240 valence electrons. The number of benzene rings is 4. The number of ether oxygens (including phenoxy) is 3. The molecule has 0 atom stereocenters. The molecule has 11 nitrogen and oxygen atoms in total. The lowest BCUT2D eigenvalue weighted by molar-refractivity contribution is -0.119. The molecule has 4 aromatic rings. The zero-order valence-electron chi connectivity index (χ0n) is 25.6. The number of rotatable bonds is 13. The predicted octanol–water partition coefficient (Wildman–Crippen LogP) is 5.34. The molecule has 4 aromatic carbocycles. The number of nitrogens with one attached hydrogen (secondary N) is 2. The Morgan fingerprint density at radius 1 is 0.870 bits per heavy atom. The Hall–Kier alpha value is -5.07. The van der Waals surface area contributed by atoms with Gasteiger partial charge in [0.2, 0.25) is 0 Å². The van der Waals surface area contributed by atoms with Crippen molar-refractivity contribution in [3.8, 4) is 17.2 Å². The van der Waals surface area contributed by atoms with E-state index in [0.29, 0.717) is 33.5 Å². The number of carbonyl (C=O) groups is 2. The van der Waals surface area contributed by atoms with Gasteiger partial charge in [0.25, 0.3) is 21.8 Å². The fourth-order valence-corrected chi connectivity index (χ4v) is 6.03. The maximum atomic E-state index is 13.9. The summed E-state index contributed by atoms with van der Waals surface area (Å²) in [4.78, 5) is 25.1. The number of hydrogen-bond acceptors (Lipinski definition) is 8. The molecule has 0 aliphatic carbocycles. The summed E-state index contributed by atoms with van der Waals surface area (Å²) in [6, 6.07) is 22.9. The van der Waals surface area contributed by atoms with Gasteiger partial charge in [-0.1, -0.05) is 23.7 Å². The molecule has 0 bridgehead atoms. The van der Waals surface area contributed by atoms with Gasteiger partial charge in [0.15, 0.2) is 18.1 Å². The van der Waals surface area contributed by atoms with E-state index in [1.807, 2.05) is 19.9 Å². The number of nitrogens with zero attached hydrogens (tertiary/aromatic N) is 2. The minimum Gasteiger partial charge on any atom is -0.493 e. The first kappa shape index (κ1) is 33.8. The number of hydrogen-bond donors (Lipinski definition) is 2. The van der Waals surface area contributed by atoms with E-state index in [0.717, 1.165) is 15.4 Å². The molecule has 13 heteroatoms. The molecule has 0 aromatic heterocycles. The van der Waals surface area contributed by atoms with Crippen LogP contribution in [0.25, 0.3) is 0 Å². The van der Waals surface area contributed by atoms with Crippen LogP contribution in [-0.4, -0.2) is 53.8 Å². The van der Waals surface area contributed by atoms with E-state index in [1.165, 1.54) is 38.6 Å². The predicted molar refractivity (Wildman–Crippen MR) is 178 cm³/mol. The van der Waals surface area contributed by atoms with Gasteiger partial charge in [-0.25, -0.2) is 13.8 Å². The molecular formula is C33H33ClN4O7S. The van der Waals surface area contributed by atoms with Gasteiger partial charge in [-0.05, 0) is 97.3 Å². The number of carbonyl (C=O) groups excluding carboxylic acids is 2. The topological polar surface area (TPSA) is 136 Å². The quantitative estimate of drug-likeness (QED) is 0.146. The molecule has 0 fully saturated rings. The van der Waals surface area contributed by atoms with Crippen LogP contribution in [0.4, 0.5) is 11.4 Å². The average molecular weight is 665 g/mol. The molecule has 2 N–H and O–H groups in total. The van der Waals surface area contributed by atoms with Crippen molar-refractivity contribution in [2.45, 2.75) is 18.7 Å². The van der Waals surface area contributed by atoms with Gasteiger partial charge in [0.05, 0.1) is 31.0 Å². The number of halogens is 1. The largest absolute Gasteiger partial charge is 0.493 e. The Morgan fingerprint density at radius 2 is 1.57 bits per heavy atom. The van der Waals surface area contributed by atoms with Gasteiger partial charge in [0, 0.05) is 16.8 Å². The fraction of sp³-hybridized carbons (Fsp3) is 0.182. The minimum absolute atomic E-state index is 0.0788. The summed E-state index contributed by atoms with van der Waals surface area (Å²) in [7, 11) is -1.36. The first-order chi connectivity index (χ1) is 22.0. The van der Waals surface area contributed by atoms with E-state index in [-0.39, 0.29) is 23.2 Å². The van der Waals surface area contributed by atoms with Crippen molar-refractivity contribution in [3.05, 3.63) is 107 Å². The number of anilines is 2. The summed E-state index contributed by atoms with van der Waals surface area (Å²) in [6.07, 6.45) is 1.40. The lowest BCUT2D eigenvalue weighted by Crippen LogP contribution is -2.39. The molecule has 0 heterocycles. The van der Waals surface area contributed by atoms with Crippen LogP contribution in [0.15, 0.2) is 94.9 Å². The van der Waals surface area contributed by atoms with Crippen LogP contribution < -0.4 is 29.3 Å². The number of methoxy groups -OCH3 is 2. The Balaban J connectivity index is 1.41. The van der Waals surface area contributed by atoms with Crippen LogP contribution >= 0.6 is 11.6 Å². The van der Waals surface area contributed by atoms with Crippen molar-refractivity contribution in [2.24, 2.45) is 5.10 Å². The monoisotopic (exact) mass is 664 g/mol. The van der Waals surface area contributed by atoms with Gasteiger partial charge in [-0.2, -0.15) is 5.10 Å². The summed E-state index contributed by atoms with van der Waals surface area (Å²) in [5.41, 5.74) is 5.56. The molecular weight excluding hydrogens is 632 g/mol. The molecule has 0 aliphatic rings. The Morgan fingerprint density at radius 3 is 2.22 bits per heavy atom. The highest BCUT2D eigenvalue weighted by Crippen LogP contribution is 2.32. The molecule has 0 saturated carbocycles. The maximum absolute atomic E-state index is 13.9. The van der Waals surface area contributed by atoms with Crippen molar-refractivity contribution in [3.63, 3.8) is 0 Å². The normalized spacial score (nSPS) is 11.2. The molecule has 0 radical (unpaired) electrons. The highest BCUT2D eigenvalue weighted by atomic mass is 35.5. The van der Waals surface area contributed by atoms with E-state index in [1.54, 1.807) is 60.7 Å². The number of aryl methyl sites for hydroxylation is 2. The fourth-order valence-electron chi connectivity index (χ4n) is 4.42. The van der Waals surface area contributed by atoms with Gasteiger partial charge in [0.1, 0.15) is 12.3 Å². The highest BCUT2D eigenvalue weighted by Gasteiger charge is 2.28. The molecule has 0 aliphatic heterocycles. The van der Waals surface area contributed by atoms with E-state index >= 15 is 0 Å². The van der Waals surface area contributed by atoms with Crippen molar-refractivity contribution in [2.75, 3.05) is 37.0 Å². The summed E-state index contributed by atoms with van der Waals surface area (Å²) < 4.78 is 44.8. The van der Waals surface area contributed by atoms with Crippen LogP contribution in [0, 0.1) is 13.8 Å². The van der Waals surface area contributed by atoms with Crippen molar-refractivity contribution >= 4 is 51.0 Å². The number of hydrazone groups is 1. The first-order valence-corrected chi connectivity index (χ1v) is 15.7. The second-order valence-corrected chi connectivity index (χ2v) is 12.4. The van der Waals surface area contributed by atoms with Crippen LogP contribution in [0.5, 0.6) is 17.2 Å². The zero-order chi connectivity index (χ0) is 33.3. The van der Waals surface area contributed by atoms with Gasteiger partial charge in [-0.15, -0.1) is 0 Å². The lowest BCUT2D eigenvalue weighted by atomic mass is 10.1.